The number of rotatable bonds is 5. The van der Waals surface area contributed by atoms with Gasteiger partial charge in [0.15, 0.2) is 0 Å². The quantitative estimate of drug-likeness (QED) is 0.761. The number of aromatic nitrogens is 1. The summed E-state index contributed by atoms with van der Waals surface area (Å²) in [5, 5.41) is 3.03. The number of nitrogens with zero attached hydrogens (tertiary/aromatic N) is 1. The van der Waals surface area contributed by atoms with Gasteiger partial charge in [0.1, 0.15) is 5.82 Å². The van der Waals surface area contributed by atoms with Crippen LogP contribution >= 0.6 is 0 Å². The second-order valence-corrected chi connectivity index (χ2v) is 3.89. The van der Waals surface area contributed by atoms with Crippen molar-refractivity contribution in [2.45, 2.75) is 26.4 Å². The zero-order valence-corrected chi connectivity index (χ0v) is 9.38. The van der Waals surface area contributed by atoms with Crippen molar-refractivity contribution < 1.29 is 9.13 Å². The van der Waals surface area contributed by atoms with Crippen LogP contribution in [0.3, 0.4) is 0 Å². The lowest BCUT2D eigenvalue weighted by atomic mass is 10.1. The van der Waals surface area contributed by atoms with Crippen molar-refractivity contribution in [2.24, 2.45) is 0 Å². The average molecular weight is 212 g/mol. The number of ether oxygens (including phenoxy) is 1. The predicted octanol–water partition coefficient (Wildman–Crippen LogP) is 2.45. The van der Waals surface area contributed by atoms with Crippen LogP contribution in [-0.4, -0.2) is 23.7 Å². The molecule has 1 aromatic rings. The topological polar surface area (TPSA) is 34.1 Å². The minimum atomic E-state index is -0.478. The molecule has 0 aliphatic carbocycles. The maximum atomic E-state index is 12.8. The van der Waals surface area contributed by atoms with Crippen LogP contribution < -0.4 is 5.32 Å². The Morgan fingerprint density at radius 1 is 1.47 bits per heavy atom. The first kappa shape index (κ1) is 11.9. The standard InChI is InChI=1S/C11H17FN2O/c1-4-15-11(2,3)8-13-10-7-5-6-9(12)14-10/h5-7H,4,8H2,1-3H3,(H,13,14). The van der Waals surface area contributed by atoms with E-state index in [4.69, 9.17) is 4.74 Å². The third-order valence-electron chi connectivity index (χ3n) is 1.95. The van der Waals surface area contributed by atoms with E-state index in [0.29, 0.717) is 19.0 Å². The first-order valence-electron chi connectivity index (χ1n) is 5.04. The molecule has 1 rings (SSSR count). The molecular formula is C11H17FN2O. The van der Waals surface area contributed by atoms with Crippen molar-refractivity contribution in [3.63, 3.8) is 0 Å². The molecule has 0 radical (unpaired) electrons. The van der Waals surface area contributed by atoms with Crippen molar-refractivity contribution in [2.75, 3.05) is 18.5 Å². The highest BCUT2D eigenvalue weighted by Gasteiger charge is 2.17. The van der Waals surface area contributed by atoms with Crippen molar-refractivity contribution in [1.82, 2.24) is 4.98 Å². The lowest BCUT2D eigenvalue weighted by Crippen LogP contribution is -2.33. The fraction of sp³-hybridized carbons (Fsp3) is 0.545. The number of hydrogen-bond donors (Lipinski definition) is 1. The molecule has 15 heavy (non-hydrogen) atoms. The summed E-state index contributed by atoms with van der Waals surface area (Å²) >= 11 is 0. The fourth-order valence-electron chi connectivity index (χ4n) is 1.25. The zero-order chi connectivity index (χ0) is 11.3. The second kappa shape index (κ2) is 5.07. The number of hydrogen-bond acceptors (Lipinski definition) is 3. The molecule has 0 aliphatic heterocycles. The van der Waals surface area contributed by atoms with Crippen LogP contribution in [0.5, 0.6) is 0 Å². The molecule has 0 saturated heterocycles. The van der Waals surface area contributed by atoms with E-state index in [-0.39, 0.29) is 5.60 Å². The van der Waals surface area contributed by atoms with Gasteiger partial charge in [0, 0.05) is 13.2 Å². The fourth-order valence-corrected chi connectivity index (χ4v) is 1.25. The van der Waals surface area contributed by atoms with Crippen molar-refractivity contribution in [3.8, 4) is 0 Å². The maximum absolute atomic E-state index is 12.8. The van der Waals surface area contributed by atoms with Gasteiger partial charge in [-0.25, -0.2) is 4.98 Å². The summed E-state index contributed by atoms with van der Waals surface area (Å²) in [6.45, 7) is 7.15. The zero-order valence-electron chi connectivity index (χ0n) is 9.38. The summed E-state index contributed by atoms with van der Waals surface area (Å²) in [5.41, 5.74) is -0.275. The molecule has 84 valence electrons. The molecule has 0 aliphatic rings. The summed E-state index contributed by atoms with van der Waals surface area (Å²) in [7, 11) is 0. The van der Waals surface area contributed by atoms with E-state index < -0.39 is 5.95 Å². The highest BCUT2D eigenvalue weighted by molar-refractivity contribution is 5.33. The summed E-state index contributed by atoms with van der Waals surface area (Å²) in [4.78, 5) is 3.70. The summed E-state index contributed by atoms with van der Waals surface area (Å²) < 4.78 is 18.3. The number of anilines is 1. The van der Waals surface area contributed by atoms with E-state index in [1.807, 2.05) is 20.8 Å². The van der Waals surface area contributed by atoms with Crippen molar-refractivity contribution in [1.29, 1.82) is 0 Å². The van der Waals surface area contributed by atoms with Crippen LogP contribution in [0.1, 0.15) is 20.8 Å². The smallest absolute Gasteiger partial charge is 0.214 e. The number of pyridine rings is 1. The normalized spacial score (nSPS) is 11.5. The van der Waals surface area contributed by atoms with E-state index in [2.05, 4.69) is 10.3 Å². The van der Waals surface area contributed by atoms with Crippen LogP contribution in [0.15, 0.2) is 18.2 Å². The molecule has 1 N–H and O–H groups in total. The Bertz CT molecular complexity index is 315. The molecule has 1 aromatic heterocycles. The highest BCUT2D eigenvalue weighted by Crippen LogP contribution is 2.11. The van der Waals surface area contributed by atoms with E-state index in [1.54, 1.807) is 12.1 Å². The van der Waals surface area contributed by atoms with E-state index in [1.165, 1.54) is 6.07 Å². The maximum Gasteiger partial charge on any atom is 0.214 e. The SMILES string of the molecule is CCOC(C)(C)CNc1cccc(F)n1. The van der Waals surface area contributed by atoms with Gasteiger partial charge in [-0.3, -0.25) is 0 Å². The largest absolute Gasteiger partial charge is 0.374 e. The average Bonchev–Trinajstić information content (AvgIpc) is 2.15. The lowest BCUT2D eigenvalue weighted by molar-refractivity contribution is 0.000631. The van der Waals surface area contributed by atoms with Gasteiger partial charge < -0.3 is 10.1 Å². The molecule has 0 atom stereocenters. The van der Waals surface area contributed by atoms with Gasteiger partial charge in [-0.15, -0.1) is 0 Å². The van der Waals surface area contributed by atoms with E-state index in [9.17, 15) is 4.39 Å². The summed E-state index contributed by atoms with van der Waals surface area (Å²) in [5.74, 6) is 0.0528. The molecular weight excluding hydrogens is 195 g/mol. The van der Waals surface area contributed by atoms with E-state index in [0.717, 1.165) is 0 Å². The minimum absolute atomic E-state index is 0.275. The van der Waals surface area contributed by atoms with Gasteiger partial charge in [-0.1, -0.05) is 6.07 Å². The third-order valence-corrected chi connectivity index (χ3v) is 1.95. The Kier molecular flexibility index (Phi) is 4.03. The minimum Gasteiger partial charge on any atom is -0.374 e. The van der Waals surface area contributed by atoms with Gasteiger partial charge in [0.05, 0.1) is 5.60 Å². The first-order valence-corrected chi connectivity index (χ1v) is 5.04. The molecule has 1 heterocycles. The lowest BCUT2D eigenvalue weighted by Gasteiger charge is -2.25. The monoisotopic (exact) mass is 212 g/mol. The van der Waals surface area contributed by atoms with Gasteiger partial charge in [-0.05, 0) is 32.9 Å². The highest BCUT2D eigenvalue weighted by atomic mass is 19.1. The summed E-state index contributed by atoms with van der Waals surface area (Å²) in [6, 6.07) is 4.67. The molecule has 0 saturated carbocycles. The van der Waals surface area contributed by atoms with E-state index >= 15 is 0 Å². The molecule has 0 aromatic carbocycles. The molecule has 0 unspecified atom stereocenters. The molecule has 0 bridgehead atoms. The van der Waals surface area contributed by atoms with Crippen LogP contribution in [0.25, 0.3) is 0 Å². The first-order chi connectivity index (χ1) is 7.03. The van der Waals surface area contributed by atoms with Gasteiger partial charge in [0.2, 0.25) is 5.95 Å². The number of halogens is 1. The Labute approximate surface area is 89.7 Å². The predicted molar refractivity (Wildman–Crippen MR) is 58.4 cm³/mol. The van der Waals surface area contributed by atoms with Gasteiger partial charge in [0.25, 0.3) is 0 Å². The van der Waals surface area contributed by atoms with Crippen LogP contribution in [0, 0.1) is 5.95 Å². The van der Waals surface area contributed by atoms with Crippen molar-refractivity contribution in [3.05, 3.63) is 24.1 Å². The number of nitrogens with one attached hydrogen (secondary N) is 1. The summed E-state index contributed by atoms with van der Waals surface area (Å²) in [6.07, 6.45) is 0. The second-order valence-electron chi connectivity index (χ2n) is 3.89. The van der Waals surface area contributed by atoms with Gasteiger partial charge >= 0.3 is 0 Å². The Morgan fingerprint density at radius 3 is 2.80 bits per heavy atom. The van der Waals surface area contributed by atoms with Crippen LogP contribution in [-0.2, 0) is 4.74 Å². The van der Waals surface area contributed by atoms with Gasteiger partial charge in [-0.2, -0.15) is 4.39 Å². The van der Waals surface area contributed by atoms with Crippen LogP contribution in [0.2, 0.25) is 0 Å². The van der Waals surface area contributed by atoms with Crippen LogP contribution in [0.4, 0.5) is 10.2 Å². The molecule has 0 spiro atoms. The Hall–Kier alpha value is -1.16. The molecule has 4 heteroatoms. The Morgan fingerprint density at radius 2 is 2.20 bits per heavy atom. The van der Waals surface area contributed by atoms with Crippen molar-refractivity contribution >= 4 is 5.82 Å². The molecule has 3 nitrogen and oxygen atoms in total. The Balaban J connectivity index is 2.49. The third kappa shape index (κ3) is 4.25. The molecule has 0 amide bonds. The molecule has 0 fully saturated rings.